The van der Waals surface area contributed by atoms with Gasteiger partial charge in [-0.1, -0.05) is 6.07 Å². The van der Waals surface area contributed by atoms with Crippen molar-refractivity contribution >= 4 is 64.0 Å². The predicted molar refractivity (Wildman–Crippen MR) is 301 cm³/mol. The summed E-state index contributed by atoms with van der Waals surface area (Å²) < 4.78 is 30.2. The standard InChI is InChI=1S/C60H69N9O10/c1-59(2,3)78-57(73)66-32-27-49(28-33-66)76-47-23-19-42(20-24-47)61-40-11-15-44(16-12-40)63-54(70)39-9-8-10-46(37-39)69-53-51(31-36-68(38-75-7)56(53)72)52(65-69)55(71)64-45-17-13-41(14-18-45)62-43-21-25-48(26-22-43)77-50-29-34-67(35-30-50)58(74)79-60(4,5)6/h8-26,37,49-50,61-62H,27-36,38H2,1-7H3,(H,63,70)(H,64,71). The zero-order valence-corrected chi connectivity index (χ0v) is 45.8. The number of likely N-dealkylation sites (tertiary alicyclic amines) is 2. The van der Waals surface area contributed by atoms with E-state index in [1.165, 1.54) is 11.8 Å². The molecule has 0 spiro atoms. The highest BCUT2D eigenvalue weighted by Crippen LogP contribution is 2.30. The molecule has 19 nitrogen and oxygen atoms in total. The van der Waals surface area contributed by atoms with E-state index >= 15 is 0 Å². The van der Waals surface area contributed by atoms with Crippen LogP contribution in [0.25, 0.3) is 5.69 Å². The average molecular weight is 1080 g/mol. The number of aromatic nitrogens is 2. The number of fused-ring (bicyclic) bond motifs is 1. The Morgan fingerprint density at radius 1 is 0.570 bits per heavy atom. The highest BCUT2D eigenvalue weighted by atomic mass is 16.6. The molecule has 19 heteroatoms. The maximum absolute atomic E-state index is 14.1. The molecule has 5 aromatic carbocycles. The molecule has 79 heavy (non-hydrogen) atoms. The van der Waals surface area contributed by atoms with Crippen molar-refractivity contribution in [1.82, 2.24) is 24.5 Å². The molecule has 0 radical (unpaired) electrons. The largest absolute Gasteiger partial charge is 0.490 e. The molecular formula is C60H69N9O10. The van der Waals surface area contributed by atoms with Gasteiger partial charge >= 0.3 is 12.2 Å². The number of methoxy groups -OCH3 is 1. The van der Waals surface area contributed by atoms with Gasteiger partial charge in [0.2, 0.25) is 0 Å². The highest BCUT2D eigenvalue weighted by Gasteiger charge is 2.35. The van der Waals surface area contributed by atoms with Crippen LogP contribution in [0.2, 0.25) is 0 Å². The van der Waals surface area contributed by atoms with Gasteiger partial charge in [-0.3, -0.25) is 14.4 Å². The Balaban J connectivity index is 0.789. The van der Waals surface area contributed by atoms with Crippen LogP contribution in [0.5, 0.6) is 11.5 Å². The molecule has 3 aliphatic heterocycles. The van der Waals surface area contributed by atoms with Gasteiger partial charge in [-0.15, -0.1) is 0 Å². The van der Waals surface area contributed by atoms with Crippen LogP contribution in [0.3, 0.4) is 0 Å². The predicted octanol–water partition coefficient (Wildman–Crippen LogP) is 11.0. The van der Waals surface area contributed by atoms with Gasteiger partial charge in [0.05, 0.1) is 5.69 Å². The summed E-state index contributed by atoms with van der Waals surface area (Å²) in [6.07, 6.45) is 2.61. The van der Waals surface area contributed by atoms with Crippen molar-refractivity contribution in [3.8, 4) is 17.2 Å². The van der Waals surface area contributed by atoms with Gasteiger partial charge in [-0.2, -0.15) is 5.10 Å². The Bertz CT molecular complexity index is 3120. The van der Waals surface area contributed by atoms with Gasteiger partial charge in [0.15, 0.2) is 5.69 Å². The summed E-state index contributed by atoms with van der Waals surface area (Å²) >= 11 is 0. The van der Waals surface area contributed by atoms with Crippen LogP contribution < -0.4 is 30.7 Å². The SMILES string of the molecule is COCN1CCc2c(C(=O)Nc3ccc(Nc4ccc(OC5CCN(C(=O)OC(C)(C)C)CC5)cc4)cc3)nn(-c3cccc(C(=O)Nc4ccc(Nc5ccc(OC6CCN(C(=O)OC(C)(C)C)CC6)cc5)cc4)c3)c2C1=O. The number of amides is 5. The van der Waals surface area contributed by atoms with E-state index in [0.717, 1.165) is 34.2 Å². The molecule has 1 aromatic heterocycles. The molecule has 6 aromatic rings. The molecule has 0 aliphatic carbocycles. The van der Waals surface area contributed by atoms with E-state index in [1.54, 1.807) is 63.2 Å². The van der Waals surface area contributed by atoms with Gasteiger partial charge in [0, 0.05) is 111 Å². The third-order valence-electron chi connectivity index (χ3n) is 13.3. The Morgan fingerprint density at radius 2 is 1.00 bits per heavy atom. The number of hydrogen-bond acceptors (Lipinski definition) is 13. The lowest BCUT2D eigenvalue weighted by Crippen LogP contribution is -2.44. The van der Waals surface area contributed by atoms with Crippen LogP contribution in [0.1, 0.15) is 104 Å². The number of anilines is 6. The van der Waals surface area contributed by atoms with Crippen LogP contribution in [-0.2, 0) is 20.6 Å². The van der Waals surface area contributed by atoms with Crippen molar-refractivity contribution in [3.63, 3.8) is 0 Å². The number of carbonyl (C=O) groups is 5. The Kier molecular flexibility index (Phi) is 16.7. The summed E-state index contributed by atoms with van der Waals surface area (Å²) in [5, 5.41) is 17.4. The fourth-order valence-electron chi connectivity index (χ4n) is 9.42. The molecule has 414 valence electrons. The van der Waals surface area contributed by atoms with Crippen molar-refractivity contribution in [2.75, 3.05) is 67.8 Å². The Morgan fingerprint density at radius 3 is 1.44 bits per heavy atom. The molecule has 4 N–H and O–H groups in total. The number of piperidine rings is 2. The van der Waals surface area contributed by atoms with Crippen LogP contribution in [0.15, 0.2) is 121 Å². The van der Waals surface area contributed by atoms with E-state index in [4.69, 9.17) is 28.8 Å². The topological polar surface area (TPSA) is 207 Å². The first-order valence-electron chi connectivity index (χ1n) is 26.7. The van der Waals surface area contributed by atoms with Crippen molar-refractivity contribution in [3.05, 3.63) is 144 Å². The maximum Gasteiger partial charge on any atom is 0.410 e. The van der Waals surface area contributed by atoms with Crippen LogP contribution in [-0.4, -0.2) is 124 Å². The minimum atomic E-state index is -0.537. The number of rotatable bonds is 15. The average Bonchev–Trinajstić information content (AvgIpc) is 4.05. The van der Waals surface area contributed by atoms with Gasteiger partial charge < -0.3 is 59.7 Å². The van der Waals surface area contributed by atoms with Crippen LogP contribution >= 0.6 is 0 Å². The van der Waals surface area contributed by atoms with E-state index in [1.807, 2.05) is 114 Å². The Hall–Kier alpha value is -8.58. The quantitative estimate of drug-likeness (QED) is 0.0756. The number of benzene rings is 5. The summed E-state index contributed by atoms with van der Waals surface area (Å²) in [7, 11) is 1.51. The monoisotopic (exact) mass is 1080 g/mol. The second-order valence-electron chi connectivity index (χ2n) is 21.8. The van der Waals surface area contributed by atoms with Crippen molar-refractivity contribution < 1.29 is 47.7 Å². The van der Waals surface area contributed by atoms with Gasteiger partial charge in [-0.05, 0) is 163 Å². The second kappa shape index (κ2) is 24.0. The molecule has 0 saturated carbocycles. The first-order chi connectivity index (χ1) is 37.8. The van der Waals surface area contributed by atoms with Gasteiger partial charge in [-0.25, -0.2) is 14.3 Å². The van der Waals surface area contributed by atoms with Crippen LogP contribution in [0.4, 0.5) is 43.7 Å². The molecule has 2 saturated heterocycles. The number of hydrogen-bond donors (Lipinski definition) is 4. The third kappa shape index (κ3) is 14.5. The van der Waals surface area contributed by atoms with Crippen molar-refractivity contribution in [1.29, 1.82) is 0 Å². The van der Waals surface area contributed by atoms with E-state index in [9.17, 15) is 24.0 Å². The lowest BCUT2D eigenvalue weighted by molar-refractivity contribution is 0.0115. The molecule has 0 unspecified atom stereocenters. The molecule has 3 aliphatic rings. The number of nitrogens with zero attached hydrogens (tertiary/aromatic N) is 5. The molecule has 2 fully saturated rings. The van der Waals surface area contributed by atoms with E-state index in [0.29, 0.717) is 93.0 Å². The van der Waals surface area contributed by atoms with E-state index in [-0.39, 0.29) is 54.3 Å². The number of carbonyl (C=O) groups excluding carboxylic acids is 5. The minimum Gasteiger partial charge on any atom is -0.490 e. The normalized spacial score (nSPS) is 15.2. The van der Waals surface area contributed by atoms with Crippen LogP contribution in [0, 0.1) is 0 Å². The smallest absolute Gasteiger partial charge is 0.410 e. The zero-order chi connectivity index (χ0) is 55.8. The number of ether oxygens (including phenoxy) is 5. The molecular weight excluding hydrogens is 1010 g/mol. The fraction of sp³-hybridized carbons (Fsp3) is 0.367. The van der Waals surface area contributed by atoms with E-state index < -0.39 is 17.1 Å². The summed E-state index contributed by atoms with van der Waals surface area (Å²) in [4.78, 5) is 71.7. The Labute approximate surface area is 460 Å². The second-order valence-corrected chi connectivity index (χ2v) is 21.8. The summed E-state index contributed by atoms with van der Waals surface area (Å²) in [5.41, 5.74) is 4.87. The zero-order valence-electron chi connectivity index (χ0n) is 45.8. The number of nitrogens with one attached hydrogen (secondary N) is 4. The lowest BCUT2D eigenvalue weighted by atomic mass is 10.0. The van der Waals surface area contributed by atoms with Crippen molar-refractivity contribution in [2.45, 2.75) is 97.1 Å². The summed E-state index contributed by atoms with van der Waals surface area (Å²) in [6.45, 7) is 13.8. The van der Waals surface area contributed by atoms with E-state index in [2.05, 4.69) is 21.3 Å². The van der Waals surface area contributed by atoms with Gasteiger partial charge in [0.25, 0.3) is 17.7 Å². The molecule has 5 amide bonds. The van der Waals surface area contributed by atoms with Gasteiger partial charge in [0.1, 0.15) is 47.3 Å². The molecule has 4 heterocycles. The first kappa shape index (κ1) is 55.2. The molecule has 0 atom stereocenters. The molecule has 0 bridgehead atoms. The molecule has 9 rings (SSSR count). The summed E-state index contributed by atoms with van der Waals surface area (Å²) in [6, 6.07) is 36.7. The van der Waals surface area contributed by atoms with Crippen molar-refractivity contribution in [2.24, 2.45) is 0 Å². The first-order valence-corrected chi connectivity index (χ1v) is 26.7. The maximum atomic E-state index is 14.1. The third-order valence-corrected chi connectivity index (χ3v) is 13.3. The highest BCUT2D eigenvalue weighted by molar-refractivity contribution is 6.08. The minimum absolute atomic E-state index is 0.00105. The fourth-order valence-corrected chi connectivity index (χ4v) is 9.42. The summed E-state index contributed by atoms with van der Waals surface area (Å²) in [5.74, 6) is 0.259. The lowest BCUT2D eigenvalue weighted by Gasteiger charge is -2.33.